The number of likely N-dealkylation sites (tertiary alicyclic amines) is 1. The van der Waals surface area contributed by atoms with Crippen molar-refractivity contribution in [3.05, 3.63) is 5.89 Å². The summed E-state index contributed by atoms with van der Waals surface area (Å²) in [5.41, 5.74) is -0.0180. The van der Waals surface area contributed by atoms with Gasteiger partial charge >= 0.3 is 6.01 Å². The van der Waals surface area contributed by atoms with E-state index in [1.807, 2.05) is 0 Å². The molecule has 116 valence electrons. The van der Waals surface area contributed by atoms with Gasteiger partial charge in [-0.2, -0.15) is 0 Å². The Morgan fingerprint density at radius 2 is 1.95 bits per heavy atom. The number of aromatic nitrogens is 2. The Morgan fingerprint density at radius 1 is 1.14 bits per heavy atom. The van der Waals surface area contributed by atoms with Crippen LogP contribution in [0.2, 0.25) is 0 Å². The molecular formula is C15H24N4O2. The van der Waals surface area contributed by atoms with Crippen molar-refractivity contribution in [1.29, 1.82) is 0 Å². The molecule has 6 heteroatoms. The number of morpholine rings is 1. The predicted molar refractivity (Wildman–Crippen MR) is 78.5 cm³/mol. The Morgan fingerprint density at radius 3 is 2.67 bits per heavy atom. The normalized spacial score (nSPS) is 27.0. The van der Waals surface area contributed by atoms with E-state index in [2.05, 4.69) is 27.0 Å². The fraction of sp³-hybridized carbons (Fsp3) is 0.867. The van der Waals surface area contributed by atoms with Crippen LogP contribution in [0.3, 0.4) is 0 Å². The summed E-state index contributed by atoms with van der Waals surface area (Å²) in [6.07, 6.45) is 5.85. The minimum atomic E-state index is -0.0180. The van der Waals surface area contributed by atoms with Crippen LogP contribution >= 0.6 is 0 Å². The molecule has 2 aliphatic heterocycles. The SMILES string of the molecule is CN1CCC2(CC1)CN(c1nnc(C3CCC3)o1)CCO2. The standard InChI is InChI=1S/C15H24N4O2/c1-18-7-5-15(6-8-18)11-19(9-10-20-15)14-17-16-13(21-14)12-3-2-4-12/h12H,2-11H2,1H3. The van der Waals surface area contributed by atoms with Crippen LogP contribution in [0.1, 0.15) is 43.9 Å². The maximum atomic E-state index is 6.13. The largest absolute Gasteiger partial charge is 0.408 e. The van der Waals surface area contributed by atoms with Crippen molar-refractivity contribution in [1.82, 2.24) is 15.1 Å². The predicted octanol–water partition coefficient (Wildman–Crippen LogP) is 1.64. The van der Waals surface area contributed by atoms with Crippen molar-refractivity contribution in [2.45, 2.75) is 43.6 Å². The molecule has 0 bridgehead atoms. The number of hydrogen-bond acceptors (Lipinski definition) is 6. The molecule has 3 fully saturated rings. The molecule has 1 aromatic rings. The van der Waals surface area contributed by atoms with Gasteiger partial charge in [0.2, 0.25) is 5.89 Å². The van der Waals surface area contributed by atoms with Gasteiger partial charge in [0.05, 0.1) is 18.8 Å². The van der Waals surface area contributed by atoms with E-state index in [1.54, 1.807) is 0 Å². The summed E-state index contributed by atoms with van der Waals surface area (Å²) < 4.78 is 12.1. The highest BCUT2D eigenvalue weighted by molar-refractivity contribution is 5.27. The van der Waals surface area contributed by atoms with E-state index in [0.29, 0.717) is 11.9 Å². The lowest BCUT2D eigenvalue weighted by Crippen LogP contribution is -2.56. The lowest BCUT2D eigenvalue weighted by molar-refractivity contribution is -0.0892. The van der Waals surface area contributed by atoms with Crippen LogP contribution in [0.4, 0.5) is 6.01 Å². The van der Waals surface area contributed by atoms with Crippen molar-refractivity contribution >= 4 is 6.01 Å². The first kappa shape index (κ1) is 13.5. The van der Waals surface area contributed by atoms with E-state index in [1.165, 1.54) is 19.3 Å². The van der Waals surface area contributed by atoms with Gasteiger partial charge in [-0.25, -0.2) is 0 Å². The molecule has 6 nitrogen and oxygen atoms in total. The molecular weight excluding hydrogens is 268 g/mol. The fourth-order valence-corrected chi connectivity index (χ4v) is 3.51. The number of nitrogens with zero attached hydrogens (tertiary/aromatic N) is 4. The minimum Gasteiger partial charge on any atom is -0.408 e. The van der Waals surface area contributed by atoms with Crippen LogP contribution in [-0.4, -0.2) is 60.5 Å². The molecule has 4 rings (SSSR count). The second-order valence-electron chi connectivity index (χ2n) is 6.81. The molecule has 0 unspecified atom stereocenters. The van der Waals surface area contributed by atoms with Crippen LogP contribution < -0.4 is 4.90 Å². The maximum absolute atomic E-state index is 6.13. The van der Waals surface area contributed by atoms with Crippen LogP contribution in [0.25, 0.3) is 0 Å². The number of ether oxygens (including phenoxy) is 1. The Hall–Kier alpha value is -1.14. The van der Waals surface area contributed by atoms with E-state index < -0.39 is 0 Å². The minimum absolute atomic E-state index is 0.0180. The third-order valence-electron chi connectivity index (χ3n) is 5.30. The fourth-order valence-electron chi connectivity index (χ4n) is 3.51. The summed E-state index contributed by atoms with van der Waals surface area (Å²) in [4.78, 5) is 4.60. The molecule has 0 atom stereocenters. The van der Waals surface area contributed by atoms with Gasteiger partial charge in [-0.15, -0.1) is 5.10 Å². The van der Waals surface area contributed by atoms with Crippen molar-refractivity contribution in [2.75, 3.05) is 44.7 Å². The molecule has 1 aromatic heterocycles. The lowest BCUT2D eigenvalue weighted by atomic mass is 9.85. The topological polar surface area (TPSA) is 54.6 Å². The second kappa shape index (κ2) is 5.25. The molecule has 3 heterocycles. The molecule has 1 aliphatic carbocycles. The van der Waals surface area contributed by atoms with Crippen LogP contribution in [-0.2, 0) is 4.74 Å². The average Bonchev–Trinajstić information content (AvgIpc) is 2.90. The van der Waals surface area contributed by atoms with Gasteiger partial charge in [0, 0.05) is 25.6 Å². The molecule has 0 radical (unpaired) electrons. The number of rotatable bonds is 2. The van der Waals surface area contributed by atoms with Gasteiger partial charge < -0.3 is 19.0 Å². The second-order valence-corrected chi connectivity index (χ2v) is 6.81. The molecule has 2 saturated heterocycles. The Bertz CT molecular complexity index is 492. The van der Waals surface area contributed by atoms with Crippen molar-refractivity contribution in [3.8, 4) is 0 Å². The highest BCUT2D eigenvalue weighted by atomic mass is 16.5. The molecule has 3 aliphatic rings. The lowest BCUT2D eigenvalue weighted by Gasteiger charge is -2.46. The van der Waals surface area contributed by atoms with Crippen molar-refractivity contribution in [2.24, 2.45) is 0 Å². The average molecular weight is 292 g/mol. The first-order valence-electron chi connectivity index (χ1n) is 8.15. The zero-order valence-corrected chi connectivity index (χ0v) is 12.8. The summed E-state index contributed by atoms with van der Waals surface area (Å²) in [6.45, 7) is 4.69. The maximum Gasteiger partial charge on any atom is 0.318 e. The summed E-state index contributed by atoms with van der Waals surface area (Å²) in [6, 6.07) is 0.693. The molecule has 1 saturated carbocycles. The Labute approximate surface area is 125 Å². The van der Waals surface area contributed by atoms with Gasteiger partial charge in [0.1, 0.15) is 0 Å². The molecule has 21 heavy (non-hydrogen) atoms. The van der Waals surface area contributed by atoms with Gasteiger partial charge in [-0.3, -0.25) is 0 Å². The van der Waals surface area contributed by atoms with E-state index in [9.17, 15) is 0 Å². The van der Waals surface area contributed by atoms with Gasteiger partial charge in [-0.1, -0.05) is 11.5 Å². The zero-order chi connectivity index (χ0) is 14.3. The first-order chi connectivity index (χ1) is 10.2. The van der Waals surface area contributed by atoms with Crippen molar-refractivity contribution < 1.29 is 9.15 Å². The number of hydrogen-bond donors (Lipinski definition) is 0. The zero-order valence-electron chi connectivity index (χ0n) is 12.8. The van der Waals surface area contributed by atoms with Gasteiger partial charge in [-0.05, 0) is 32.7 Å². The van der Waals surface area contributed by atoms with E-state index in [0.717, 1.165) is 51.5 Å². The number of anilines is 1. The van der Waals surface area contributed by atoms with Crippen LogP contribution in [0.5, 0.6) is 0 Å². The first-order valence-corrected chi connectivity index (χ1v) is 8.15. The smallest absolute Gasteiger partial charge is 0.318 e. The molecule has 0 aromatic carbocycles. The Balaban J connectivity index is 1.46. The van der Waals surface area contributed by atoms with Gasteiger partial charge in [0.25, 0.3) is 0 Å². The van der Waals surface area contributed by atoms with Crippen LogP contribution in [0, 0.1) is 0 Å². The third-order valence-corrected chi connectivity index (χ3v) is 5.30. The summed E-state index contributed by atoms with van der Waals surface area (Å²) in [7, 11) is 2.18. The van der Waals surface area contributed by atoms with Crippen molar-refractivity contribution in [3.63, 3.8) is 0 Å². The monoisotopic (exact) mass is 292 g/mol. The summed E-state index contributed by atoms with van der Waals surface area (Å²) >= 11 is 0. The van der Waals surface area contributed by atoms with Gasteiger partial charge in [0.15, 0.2) is 0 Å². The highest BCUT2D eigenvalue weighted by Gasteiger charge is 2.40. The molecule has 1 spiro atoms. The van der Waals surface area contributed by atoms with E-state index >= 15 is 0 Å². The molecule has 0 N–H and O–H groups in total. The quantitative estimate of drug-likeness (QED) is 0.826. The summed E-state index contributed by atoms with van der Waals surface area (Å²) in [5, 5.41) is 8.53. The molecule has 0 amide bonds. The third kappa shape index (κ3) is 2.55. The highest BCUT2D eigenvalue weighted by Crippen LogP contribution is 2.37. The summed E-state index contributed by atoms with van der Waals surface area (Å²) in [5.74, 6) is 1.34. The van der Waals surface area contributed by atoms with Crippen LogP contribution in [0.15, 0.2) is 4.42 Å². The Kier molecular flexibility index (Phi) is 3.38. The van der Waals surface area contributed by atoms with E-state index in [4.69, 9.17) is 9.15 Å². The van der Waals surface area contributed by atoms with E-state index in [-0.39, 0.29) is 5.60 Å². The number of piperidine rings is 1.